The summed E-state index contributed by atoms with van der Waals surface area (Å²) in [6.07, 6.45) is 42.9. The lowest BCUT2D eigenvalue weighted by molar-refractivity contribution is -0.870. The summed E-state index contributed by atoms with van der Waals surface area (Å²) in [6.45, 7) is 4.34. The van der Waals surface area contributed by atoms with E-state index >= 15 is 0 Å². The van der Waals surface area contributed by atoms with Crippen molar-refractivity contribution < 1.29 is 42.1 Å². The number of hydrogen-bond acceptors (Lipinski definition) is 7. The van der Waals surface area contributed by atoms with Crippen molar-refractivity contribution in [2.75, 3.05) is 47.5 Å². The number of esters is 2. The zero-order valence-electron chi connectivity index (χ0n) is 35.9. The van der Waals surface area contributed by atoms with Crippen molar-refractivity contribution in [1.29, 1.82) is 0 Å². The van der Waals surface area contributed by atoms with E-state index in [2.05, 4.69) is 62.5 Å². The summed E-state index contributed by atoms with van der Waals surface area (Å²) in [5, 5.41) is 0. The highest BCUT2D eigenvalue weighted by Crippen LogP contribution is 2.43. The molecule has 0 aromatic carbocycles. The van der Waals surface area contributed by atoms with Gasteiger partial charge in [0.1, 0.15) is 19.8 Å². The standard InChI is InChI=1S/C45H82NO8P/c1-6-8-10-12-14-16-18-20-22-23-24-26-27-29-31-33-35-37-44(47)51-41-43(42-53-55(49,50)52-40-39-46(3,4)5)54-45(48)38-36-34-32-30-28-25-21-19-17-15-13-11-9-7-2/h14,16,19-22,24,26,43H,6-13,15,17-18,23,25,27-42H2,1-5H3/p+1/b16-14+,21-19+,22-20+,26-24+/t43-/m1/s1. The van der Waals surface area contributed by atoms with Crippen molar-refractivity contribution in [3.63, 3.8) is 0 Å². The van der Waals surface area contributed by atoms with Crippen molar-refractivity contribution in [3.05, 3.63) is 48.6 Å². The molecule has 1 N–H and O–H groups in total. The average molecular weight is 797 g/mol. The Bertz CT molecular complexity index is 1080. The molecule has 0 amide bonds. The maximum atomic E-state index is 12.7. The molecule has 0 aliphatic heterocycles. The first-order chi connectivity index (χ1) is 26.5. The van der Waals surface area contributed by atoms with Gasteiger partial charge in [0.2, 0.25) is 0 Å². The van der Waals surface area contributed by atoms with Crippen LogP contribution in [0, 0.1) is 0 Å². The molecule has 1 unspecified atom stereocenters. The molecule has 0 aliphatic carbocycles. The Morgan fingerprint density at radius 2 is 0.982 bits per heavy atom. The van der Waals surface area contributed by atoms with E-state index in [-0.39, 0.29) is 26.1 Å². The molecule has 0 aliphatic rings. The van der Waals surface area contributed by atoms with Crippen LogP contribution < -0.4 is 0 Å². The van der Waals surface area contributed by atoms with Crippen molar-refractivity contribution in [3.8, 4) is 0 Å². The van der Waals surface area contributed by atoms with Gasteiger partial charge >= 0.3 is 19.8 Å². The minimum absolute atomic E-state index is 0.0249. The van der Waals surface area contributed by atoms with Crippen LogP contribution in [0.2, 0.25) is 0 Å². The summed E-state index contributed by atoms with van der Waals surface area (Å²) in [4.78, 5) is 35.3. The zero-order valence-corrected chi connectivity index (χ0v) is 36.8. The first-order valence-corrected chi connectivity index (χ1v) is 23.4. The fourth-order valence-electron chi connectivity index (χ4n) is 5.60. The summed E-state index contributed by atoms with van der Waals surface area (Å²) in [7, 11) is 1.45. The molecule has 10 heteroatoms. The van der Waals surface area contributed by atoms with Gasteiger partial charge in [0.15, 0.2) is 6.10 Å². The van der Waals surface area contributed by atoms with E-state index in [1.54, 1.807) is 0 Å². The second-order valence-electron chi connectivity index (χ2n) is 15.7. The van der Waals surface area contributed by atoms with E-state index in [1.165, 1.54) is 64.2 Å². The van der Waals surface area contributed by atoms with Crippen LogP contribution in [-0.4, -0.2) is 74.9 Å². The molecule has 0 rings (SSSR count). The number of quaternary nitrogens is 1. The molecule has 0 heterocycles. The molecule has 0 bridgehead atoms. The number of carbonyl (C=O) groups excluding carboxylic acids is 2. The summed E-state index contributed by atoms with van der Waals surface area (Å²) in [6, 6.07) is 0. The van der Waals surface area contributed by atoms with Gasteiger partial charge in [-0.1, -0.05) is 133 Å². The van der Waals surface area contributed by atoms with E-state index in [9.17, 15) is 19.0 Å². The maximum absolute atomic E-state index is 12.7. The Hall–Kier alpha value is -2.03. The number of carbonyl (C=O) groups is 2. The molecule has 0 aromatic heterocycles. The number of unbranched alkanes of at least 4 members (excludes halogenated alkanes) is 17. The summed E-state index contributed by atoms with van der Waals surface area (Å²) in [5.74, 6) is -0.836. The number of rotatable bonds is 39. The maximum Gasteiger partial charge on any atom is 0.472 e. The smallest absolute Gasteiger partial charge is 0.462 e. The Morgan fingerprint density at radius 3 is 1.51 bits per heavy atom. The molecule has 55 heavy (non-hydrogen) atoms. The van der Waals surface area contributed by atoms with Gasteiger partial charge in [-0.2, -0.15) is 0 Å². The van der Waals surface area contributed by atoms with Gasteiger partial charge in [0.25, 0.3) is 0 Å². The lowest BCUT2D eigenvalue weighted by atomic mass is 10.1. The van der Waals surface area contributed by atoms with Crippen LogP contribution in [0.25, 0.3) is 0 Å². The number of phosphoric ester groups is 1. The lowest BCUT2D eigenvalue weighted by Crippen LogP contribution is -2.37. The second kappa shape index (κ2) is 37.5. The van der Waals surface area contributed by atoms with Crippen LogP contribution in [-0.2, 0) is 32.7 Å². The van der Waals surface area contributed by atoms with Gasteiger partial charge in [-0.15, -0.1) is 0 Å². The van der Waals surface area contributed by atoms with Crippen LogP contribution in [0.5, 0.6) is 0 Å². The monoisotopic (exact) mass is 797 g/mol. The highest BCUT2D eigenvalue weighted by Gasteiger charge is 2.27. The lowest BCUT2D eigenvalue weighted by Gasteiger charge is -2.24. The van der Waals surface area contributed by atoms with Crippen LogP contribution in [0.4, 0.5) is 0 Å². The number of phosphoric acid groups is 1. The topological polar surface area (TPSA) is 108 Å². The number of hydrogen-bond donors (Lipinski definition) is 1. The Kier molecular flexibility index (Phi) is 36.2. The number of allylic oxidation sites excluding steroid dienone is 8. The van der Waals surface area contributed by atoms with E-state index in [4.69, 9.17) is 18.5 Å². The largest absolute Gasteiger partial charge is 0.472 e. The second-order valence-corrected chi connectivity index (χ2v) is 17.2. The Morgan fingerprint density at radius 1 is 0.564 bits per heavy atom. The summed E-state index contributed by atoms with van der Waals surface area (Å²) in [5.41, 5.74) is 0. The van der Waals surface area contributed by atoms with Crippen LogP contribution >= 0.6 is 7.82 Å². The van der Waals surface area contributed by atoms with Crippen molar-refractivity contribution >= 4 is 19.8 Å². The average Bonchev–Trinajstić information content (AvgIpc) is 3.13. The minimum atomic E-state index is -4.38. The van der Waals surface area contributed by atoms with E-state index in [1.807, 2.05) is 21.1 Å². The van der Waals surface area contributed by atoms with Crippen LogP contribution in [0.15, 0.2) is 48.6 Å². The molecule has 2 atom stereocenters. The summed E-state index contributed by atoms with van der Waals surface area (Å²) >= 11 is 0. The third kappa shape index (κ3) is 41.4. The predicted molar refractivity (Wildman–Crippen MR) is 229 cm³/mol. The molecular weight excluding hydrogens is 713 g/mol. The fraction of sp³-hybridized carbons (Fsp3) is 0.778. The van der Waals surface area contributed by atoms with Gasteiger partial charge in [0.05, 0.1) is 27.7 Å². The first-order valence-electron chi connectivity index (χ1n) is 21.9. The Labute approximate surface area is 337 Å². The van der Waals surface area contributed by atoms with Crippen molar-refractivity contribution in [2.24, 2.45) is 0 Å². The zero-order chi connectivity index (χ0) is 40.7. The van der Waals surface area contributed by atoms with Gasteiger partial charge in [0, 0.05) is 12.8 Å². The van der Waals surface area contributed by atoms with E-state index in [0.29, 0.717) is 23.9 Å². The SMILES string of the molecule is CCCCC/C=C/C/C=C/C/C=C/CCCCCCC(=O)OC[C@H](COP(=O)(O)OCC[N+](C)(C)C)OC(=O)CCCCCCC/C=C/CCCCCCC. The van der Waals surface area contributed by atoms with E-state index in [0.717, 1.165) is 70.6 Å². The molecule has 0 radical (unpaired) electrons. The van der Waals surface area contributed by atoms with Gasteiger partial charge in [-0.3, -0.25) is 18.6 Å². The quantitative estimate of drug-likeness (QED) is 0.0215. The minimum Gasteiger partial charge on any atom is -0.462 e. The predicted octanol–water partition coefficient (Wildman–Crippen LogP) is 12.3. The molecule has 0 aromatic rings. The molecular formula is C45H83NO8P+. The highest BCUT2D eigenvalue weighted by atomic mass is 31.2. The normalized spacial score (nSPS) is 14.1. The molecule has 9 nitrogen and oxygen atoms in total. The van der Waals surface area contributed by atoms with Crippen LogP contribution in [0.1, 0.15) is 174 Å². The highest BCUT2D eigenvalue weighted by molar-refractivity contribution is 7.47. The fourth-order valence-corrected chi connectivity index (χ4v) is 6.34. The van der Waals surface area contributed by atoms with Crippen LogP contribution in [0.3, 0.4) is 0 Å². The summed E-state index contributed by atoms with van der Waals surface area (Å²) < 4.78 is 34.3. The van der Waals surface area contributed by atoms with Gasteiger partial charge < -0.3 is 18.9 Å². The van der Waals surface area contributed by atoms with Crippen molar-refractivity contribution in [2.45, 2.75) is 180 Å². The van der Waals surface area contributed by atoms with Crippen molar-refractivity contribution in [1.82, 2.24) is 0 Å². The molecule has 0 spiro atoms. The molecule has 0 saturated carbocycles. The van der Waals surface area contributed by atoms with Gasteiger partial charge in [-0.25, -0.2) is 4.57 Å². The third-order valence-electron chi connectivity index (χ3n) is 9.08. The number of ether oxygens (including phenoxy) is 2. The molecule has 320 valence electrons. The Balaban J connectivity index is 4.42. The number of nitrogens with zero attached hydrogens (tertiary/aromatic N) is 1. The van der Waals surface area contributed by atoms with E-state index < -0.39 is 32.5 Å². The first kappa shape index (κ1) is 53.0. The van der Waals surface area contributed by atoms with Gasteiger partial charge in [-0.05, 0) is 77.0 Å². The number of likely N-dealkylation sites (N-methyl/N-ethyl adjacent to an activating group) is 1. The molecule has 0 fully saturated rings. The third-order valence-corrected chi connectivity index (χ3v) is 10.1. The molecule has 0 saturated heterocycles.